The van der Waals surface area contributed by atoms with Crippen LogP contribution in [0.15, 0.2) is 0 Å². The Morgan fingerprint density at radius 1 is 1.12 bits per heavy atom. The van der Waals surface area contributed by atoms with Gasteiger partial charge in [0.2, 0.25) is 0 Å². The maximum Gasteiger partial charge on any atom is 0.0228 e. The van der Waals surface area contributed by atoms with Crippen molar-refractivity contribution in [1.29, 1.82) is 0 Å². The summed E-state index contributed by atoms with van der Waals surface area (Å²) in [4.78, 5) is 0. The van der Waals surface area contributed by atoms with E-state index in [-0.39, 0.29) is 0 Å². The van der Waals surface area contributed by atoms with Crippen LogP contribution in [0, 0.1) is 0 Å². The van der Waals surface area contributed by atoms with Crippen LogP contribution >= 0.6 is 0 Å². The SMILES string of the molecule is CC[SiH2]C(CC)CC. The van der Waals surface area contributed by atoms with Crippen molar-refractivity contribution < 1.29 is 0 Å². The minimum atomic E-state index is 0.336. The monoisotopic (exact) mass is 130 g/mol. The van der Waals surface area contributed by atoms with Crippen LogP contribution in [0.2, 0.25) is 11.6 Å². The average molecular weight is 130 g/mol. The molecule has 0 unspecified atom stereocenters. The van der Waals surface area contributed by atoms with Crippen LogP contribution in [-0.4, -0.2) is 9.52 Å². The molecule has 8 heavy (non-hydrogen) atoms. The summed E-state index contributed by atoms with van der Waals surface area (Å²) in [7, 11) is 0.336. The van der Waals surface area contributed by atoms with Gasteiger partial charge in [-0.05, 0) is 0 Å². The molecular formula is C7H18Si. The highest BCUT2D eigenvalue weighted by Gasteiger charge is 1.99. The van der Waals surface area contributed by atoms with Crippen molar-refractivity contribution in [3.05, 3.63) is 0 Å². The molecule has 0 aliphatic carbocycles. The van der Waals surface area contributed by atoms with E-state index in [4.69, 9.17) is 0 Å². The summed E-state index contributed by atoms with van der Waals surface area (Å²) in [6.45, 7) is 6.96. The van der Waals surface area contributed by atoms with E-state index in [1.54, 1.807) is 0 Å². The third kappa shape index (κ3) is 3.25. The molecule has 0 aliphatic rings. The van der Waals surface area contributed by atoms with Crippen LogP contribution in [-0.2, 0) is 0 Å². The summed E-state index contributed by atoms with van der Waals surface area (Å²) < 4.78 is 0. The first-order valence-electron chi connectivity index (χ1n) is 3.85. The van der Waals surface area contributed by atoms with Gasteiger partial charge in [0.1, 0.15) is 0 Å². The van der Waals surface area contributed by atoms with Gasteiger partial charge in [0.25, 0.3) is 0 Å². The number of hydrogen-bond donors (Lipinski definition) is 0. The van der Waals surface area contributed by atoms with Crippen LogP contribution in [0.5, 0.6) is 0 Å². The van der Waals surface area contributed by atoms with Gasteiger partial charge >= 0.3 is 0 Å². The van der Waals surface area contributed by atoms with Crippen LogP contribution in [0.4, 0.5) is 0 Å². The molecule has 0 saturated heterocycles. The van der Waals surface area contributed by atoms with E-state index < -0.39 is 0 Å². The Morgan fingerprint density at radius 3 is 1.75 bits per heavy atom. The Bertz CT molecular complexity index is 39.7. The standard InChI is InChI=1S/C7H18Si/c1-4-7(5-2)8-6-3/h7H,4-6,8H2,1-3H3. The zero-order valence-electron chi connectivity index (χ0n) is 6.41. The Hall–Kier alpha value is 0.217. The maximum atomic E-state index is 2.32. The molecule has 0 spiro atoms. The fourth-order valence-corrected chi connectivity index (χ4v) is 2.74. The molecule has 0 aromatic carbocycles. The molecule has 0 heterocycles. The highest BCUT2D eigenvalue weighted by molar-refractivity contribution is 6.37. The summed E-state index contributed by atoms with van der Waals surface area (Å²) in [5.41, 5.74) is 1.14. The second kappa shape index (κ2) is 5.36. The summed E-state index contributed by atoms with van der Waals surface area (Å²) in [6.07, 6.45) is 2.85. The lowest BCUT2D eigenvalue weighted by molar-refractivity contribution is 0.757. The molecule has 0 aromatic heterocycles. The van der Waals surface area contributed by atoms with Gasteiger partial charge in [0, 0.05) is 9.52 Å². The average Bonchev–Trinajstić information content (AvgIpc) is 1.83. The first-order chi connectivity index (χ1) is 3.85. The molecule has 0 radical (unpaired) electrons. The Labute approximate surface area is 55.5 Å². The summed E-state index contributed by atoms with van der Waals surface area (Å²) >= 11 is 0. The van der Waals surface area contributed by atoms with E-state index in [1.165, 1.54) is 18.9 Å². The van der Waals surface area contributed by atoms with Crippen molar-refractivity contribution >= 4 is 9.52 Å². The Balaban J connectivity index is 3.07. The van der Waals surface area contributed by atoms with Crippen LogP contribution in [0.1, 0.15) is 33.6 Å². The molecule has 0 bridgehead atoms. The van der Waals surface area contributed by atoms with Gasteiger partial charge < -0.3 is 0 Å². The van der Waals surface area contributed by atoms with E-state index in [9.17, 15) is 0 Å². The molecule has 0 N–H and O–H groups in total. The van der Waals surface area contributed by atoms with Crippen LogP contribution in [0.3, 0.4) is 0 Å². The highest BCUT2D eigenvalue weighted by Crippen LogP contribution is 2.13. The molecule has 50 valence electrons. The molecule has 0 aromatic rings. The second-order valence-corrected chi connectivity index (χ2v) is 5.20. The molecule has 0 aliphatic heterocycles. The van der Waals surface area contributed by atoms with Gasteiger partial charge in [-0.15, -0.1) is 0 Å². The first kappa shape index (κ1) is 8.22. The smallest absolute Gasteiger partial charge is 0.0228 e. The highest BCUT2D eigenvalue weighted by atomic mass is 28.2. The normalized spacial score (nSPS) is 12.0. The van der Waals surface area contributed by atoms with E-state index in [2.05, 4.69) is 20.8 Å². The molecule has 1 heteroatoms. The van der Waals surface area contributed by atoms with Crippen molar-refractivity contribution in [1.82, 2.24) is 0 Å². The van der Waals surface area contributed by atoms with Crippen molar-refractivity contribution in [2.75, 3.05) is 0 Å². The summed E-state index contributed by atoms with van der Waals surface area (Å²) in [6, 6.07) is 1.49. The predicted octanol–water partition coefficient (Wildman–Crippen LogP) is 2.20. The minimum Gasteiger partial charge on any atom is -0.0683 e. The first-order valence-corrected chi connectivity index (χ1v) is 5.66. The molecule has 0 saturated carbocycles. The quantitative estimate of drug-likeness (QED) is 0.512. The van der Waals surface area contributed by atoms with Crippen LogP contribution in [0.25, 0.3) is 0 Å². The van der Waals surface area contributed by atoms with Crippen molar-refractivity contribution in [2.24, 2.45) is 0 Å². The molecule has 0 nitrogen and oxygen atoms in total. The van der Waals surface area contributed by atoms with Gasteiger partial charge in [-0.25, -0.2) is 0 Å². The molecule has 0 atom stereocenters. The van der Waals surface area contributed by atoms with E-state index in [1.807, 2.05) is 0 Å². The van der Waals surface area contributed by atoms with Crippen LogP contribution < -0.4 is 0 Å². The fourth-order valence-electron chi connectivity index (χ4n) is 1.11. The summed E-state index contributed by atoms with van der Waals surface area (Å²) in [5, 5.41) is 0. The molecular weight excluding hydrogens is 112 g/mol. The number of hydrogen-bond acceptors (Lipinski definition) is 0. The zero-order chi connectivity index (χ0) is 6.41. The lowest BCUT2D eigenvalue weighted by atomic mass is 10.3. The van der Waals surface area contributed by atoms with E-state index in [0.29, 0.717) is 9.52 Å². The zero-order valence-corrected chi connectivity index (χ0v) is 7.82. The maximum absolute atomic E-state index is 2.32. The van der Waals surface area contributed by atoms with E-state index in [0.717, 1.165) is 5.54 Å². The molecule has 0 rings (SSSR count). The third-order valence-electron chi connectivity index (χ3n) is 1.85. The summed E-state index contributed by atoms with van der Waals surface area (Å²) in [5.74, 6) is 0. The third-order valence-corrected chi connectivity index (χ3v) is 4.40. The molecule has 0 fully saturated rings. The predicted molar refractivity (Wildman–Crippen MR) is 43.4 cm³/mol. The van der Waals surface area contributed by atoms with Crippen molar-refractivity contribution in [3.8, 4) is 0 Å². The fraction of sp³-hybridized carbons (Fsp3) is 1.00. The Kier molecular flexibility index (Phi) is 5.50. The van der Waals surface area contributed by atoms with Gasteiger partial charge in [-0.3, -0.25) is 0 Å². The molecule has 0 amide bonds. The largest absolute Gasteiger partial charge is 0.0683 e. The Morgan fingerprint density at radius 2 is 1.62 bits per heavy atom. The lowest BCUT2D eigenvalue weighted by Gasteiger charge is -2.07. The van der Waals surface area contributed by atoms with Gasteiger partial charge in [-0.2, -0.15) is 0 Å². The lowest BCUT2D eigenvalue weighted by Crippen LogP contribution is -1.98. The van der Waals surface area contributed by atoms with Crippen molar-refractivity contribution in [3.63, 3.8) is 0 Å². The second-order valence-electron chi connectivity index (χ2n) is 2.47. The van der Waals surface area contributed by atoms with E-state index >= 15 is 0 Å². The topological polar surface area (TPSA) is 0 Å². The van der Waals surface area contributed by atoms with Gasteiger partial charge in [0.15, 0.2) is 0 Å². The van der Waals surface area contributed by atoms with Gasteiger partial charge in [0.05, 0.1) is 0 Å². The van der Waals surface area contributed by atoms with Crippen molar-refractivity contribution in [2.45, 2.75) is 45.2 Å². The number of rotatable bonds is 4. The minimum absolute atomic E-state index is 0.336. The van der Waals surface area contributed by atoms with Gasteiger partial charge in [-0.1, -0.05) is 45.2 Å².